The Hall–Kier alpha value is -3.43. The summed E-state index contributed by atoms with van der Waals surface area (Å²) in [7, 11) is 0. The van der Waals surface area contributed by atoms with Crippen molar-refractivity contribution >= 4 is 17.7 Å². The number of rotatable bonds is 6. The van der Waals surface area contributed by atoms with Crippen LogP contribution in [0.1, 0.15) is 17.5 Å². The van der Waals surface area contributed by atoms with Gasteiger partial charge in [-0.15, -0.1) is 0 Å². The minimum Gasteiger partial charge on any atom is -0.371 e. The Labute approximate surface area is 206 Å². The lowest BCUT2D eigenvalue weighted by molar-refractivity contribution is -0.139. The highest BCUT2D eigenvalue weighted by atomic mass is 19.4. The molecule has 0 spiro atoms. The second kappa shape index (κ2) is 10.5. The van der Waals surface area contributed by atoms with Crippen LogP contribution in [0.4, 0.5) is 38.1 Å². The molecule has 202 valence electrons. The van der Waals surface area contributed by atoms with E-state index in [1.165, 1.54) is 0 Å². The van der Waals surface area contributed by atoms with Crippen LogP contribution in [0.25, 0.3) is 0 Å². The van der Waals surface area contributed by atoms with Gasteiger partial charge >= 0.3 is 12.4 Å². The van der Waals surface area contributed by atoms with Gasteiger partial charge in [0.25, 0.3) is 5.56 Å². The smallest absolute Gasteiger partial charge is 0.371 e. The number of alkyl halides is 6. The number of hydrogen-bond acceptors (Lipinski definition) is 8. The zero-order valence-corrected chi connectivity index (χ0v) is 19.3. The second-order valence-electron chi connectivity index (χ2n) is 8.72. The number of carbonyl (C=O) groups excluding carboxylic acids is 1. The summed E-state index contributed by atoms with van der Waals surface area (Å²) in [4.78, 5) is 36.3. The van der Waals surface area contributed by atoms with E-state index in [2.05, 4.69) is 15.1 Å². The first kappa shape index (κ1) is 26.6. The van der Waals surface area contributed by atoms with Crippen molar-refractivity contribution in [2.75, 3.05) is 62.3 Å². The van der Waals surface area contributed by atoms with Gasteiger partial charge in [0.05, 0.1) is 12.2 Å². The quantitative estimate of drug-likeness (QED) is 0.559. The Morgan fingerprint density at radius 1 is 1.00 bits per heavy atom. The molecule has 0 radical (unpaired) electrons. The third-order valence-electron chi connectivity index (χ3n) is 6.17. The summed E-state index contributed by atoms with van der Waals surface area (Å²) in [6.07, 6.45) is -7.25. The predicted molar refractivity (Wildman–Crippen MR) is 117 cm³/mol. The number of piperazine rings is 1. The van der Waals surface area contributed by atoms with Crippen molar-refractivity contribution in [3.8, 4) is 0 Å². The van der Waals surface area contributed by atoms with Gasteiger partial charge in [-0.2, -0.15) is 31.4 Å². The molecule has 1 N–H and O–H groups in total. The summed E-state index contributed by atoms with van der Waals surface area (Å²) >= 11 is 0. The summed E-state index contributed by atoms with van der Waals surface area (Å²) in [5.41, 5.74) is -3.55. The van der Waals surface area contributed by atoms with Crippen LogP contribution >= 0.6 is 0 Å². The van der Waals surface area contributed by atoms with Crippen LogP contribution in [0.2, 0.25) is 0 Å². The highest BCUT2D eigenvalue weighted by Gasteiger charge is 2.36. The third-order valence-corrected chi connectivity index (χ3v) is 6.17. The molecule has 0 aromatic carbocycles. The van der Waals surface area contributed by atoms with E-state index in [0.29, 0.717) is 45.7 Å². The molecule has 16 heteroatoms. The predicted octanol–water partition coefficient (Wildman–Crippen LogP) is 1.79. The normalized spacial score (nSPS) is 19.0. The van der Waals surface area contributed by atoms with Crippen molar-refractivity contribution in [3.05, 3.63) is 39.9 Å². The SMILES string of the molecule is O=C(COC[C@@H]1CCN(c2cc(C(F)(F)F)c(=O)[nH]n2)C1)N1CCN(c2ncc(C(F)(F)F)cn2)CC1. The Morgan fingerprint density at radius 2 is 1.68 bits per heavy atom. The van der Waals surface area contributed by atoms with Gasteiger partial charge in [-0.25, -0.2) is 15.1 Å². The second-order valence-corrected chi connectivity index (χ2v) is 8.72. The van der Waals surface area contributed by atoms with Gasteiger partial charge in [-0.05, 0) is 6.42 Å². The number of aromatic nitrogens is 4. The molecule has 1 amide bonds. The summed E-state index contributed by atoms with van der Waals surface area (Å²) in [5, 5.41) is 5.58. The monoisotopic (exact) mass is 535 g/mol. The Balaban J connectivity index is 1.20. The molecule has 10 nitrogen and oxygen atoms in total. The van der Waals surface area contributed by atoms with Crippen molar-refractivity contribution in [2.45, 2.75) is 18.8 Å². The van der Waals surface area contributed by atoms with Gasteiger partial charge in [0, 0.05) is 63.6 Å². The van der Waals surface area contributed by atoms with Crippen LogP contribution in [0.3, 0.4) is 0 Å². The minimum atomic E-state index is -4.79. The van der Waals surface area contributed by atoms with E-state index in [1.54, 1.807) is 14.7 Å². The molecule has 2 aromatic heterocycles. The number of ether oxygens (including phenoxy) is 1. The number of amides is 1. The average Bonchev–Trinajstić information content (AvgIpc) is 3.32. The molecule has 37 heavy (non-hydrogen) atoms. The van der Waals surface area contributed by atoms with Crippen molar-refractivity contribution in [2.24, 2.45) is 5.92 Å². The summed E-state index contributed by atoms with van der Waals surface area (Å²) in [6, 6.07) is 0.723. The third kappa shape index (κ3) is 6.47. The maximum atomic E-state index is 13.0. The van der Waals surface area contributed by atoms with Crippen LogP contribution in [0, 0.1) is 5.92 Å². The fourth-order valence-electron chi connectivity index (χ4n) is 4.14. The topological polar surface area (TPSA) is 108 Å². The minimum absolute atomic E-state index is 0.0143. The van der Waals surface area contributed by atoms with E-state index in [9.17, 15) is 35.9 Å². The fourth-order valence-corrected chi connectivity index (χ4v) is 4.14. The van der Waals surface area contributed by atoms with E-state index in [0.717, 1.165) is 18.5 Å². The molecule has 0 aliphatic carbocycles. The van der Waals surface area contributed by atoms with E-state index in [1.807, 2.05) is 5.10 Å². The van der Waals surface area contributed by atoms with E-state index in [4.69, 9.17) is 4.74 Å². The standard InChI is InChI=1S/C21H23F6N7O3/c22-20(23,24)14-8-28-19(29-9-14)33-5-3-32(4-6-33)17(35)12-37-11-13-1-2-34(10-13)16-7-15(21(25,26)27)18(36)31-30-16/h7-9,13H,1-6,10-12H2,(H,31,36)/t13-/m1/s1. The molecule has 0 saturated carbocycles. The van der Waals surface area contributed by atoms with Gasteiger partial charge in [0.15, 0.2) is 0 Å². The van der Waals surface area contributed by atoms with Gasteiger partial charge in [-0.3, -0.25) is 9.59 Å². The number of carbonyl (C=O) groups is 1. The molecule has 2 fully saturated rings. The van der Waals surface area contributed by atoms with Crippen LogP contribution in [0.5, 0.6) is 0 Å². The zero-order chi connectivity index (χ0) is 26.8. The van der Waals surface area contributed by atoms with Gasteiger partial charge in [-0.1, -0.05) is 0 Å². The lowest BCUT2D eigenvalue weighted by Gasteiger charge is -2.34. The maximum Gasteiger partial charge on any atom is 0.421 e. The number of halogens is 6. The van der Waals surface area contributed by atoms with Crippen LogP contribution in [0.15, 0.2) is 23.3 Å². The van der Waals surface area contributed by atoms with Gasteiger partial charge < -0.3 is 19.4 Å². The molecule has 4 rings (SSSR count). The molecule has 4 heterocycles. The van der Waals surface area contributed by atoms with Gasteiger partial charge in [0.2, 0.25) is 11.9 Å². The van der Waals surface area contributed by atoms with Crippen LogP contribution < -0.4 is 15.4 Å². The Kier molecular flexibility index (Phi) is 7.57. The number of nitrogens with one attached hydrogen (secondary N) is 1. The van der Waals surface area contributed by atoms with Crippen molar-refractivity contribution in [1.82, 2.24) is 25.1 Å². The highest BCUT2D eigenvalue weighted by molar-refractivity contribution is 5.77. The van der Waals surface area contributed by atoms with Crippen molar-refractivity contribution < 1.29 is 35.9 Å². The number of hydrogen-bond donors (Lipinski definition) is 1. The van der Waals surface area contributed by atoms with E-state index >= 15 is 0 Å². The van der Waals surface area contributed by atoms with Gasteiger partial charge in [0.1, 0.15) is 18.0 Å². The molecule has 0 bridgehead atoms. The van der Waals surface area contributed by atoms with Crippen LogP contribution in [-0.4, -0.2) is 83.5 Å². The summed E-state index contributed by atoms with van der Waals surface area (Å²) in [6.45, 7) is 2.16. The summed E-state index contributed by atoms with van der Waals surface area (Å²) in [5.74, 6) is -0.119. The Bertz CT molecular complexity index is 1150. The largest absolute Gasteiger partial charge is 0.421 e. The number of H-pyrrole nitrogens is 1. The average molecular weight is 535 g/mol. The lowest BCUT2D eigenvalue weighted by atomic mass is 10.1. The van der Waals surface area contributed by atoms with Crippen molar-refractivity contribution in [3.63, 3.8) is 0 Å². The lowest BCUT2D eigenvalue weighted by Crippen LogP contribution is -2.50. The number of nitrogens with zero attached hydrogens (tertiary/aromatic N) is 6. The molecule has 2 saturated heterocycles. The Morgan fingerprint density at radius 3 is 2.30 bits per heavy atom. The zero-order valence-electron chi connectivity index (χ0n) is 19.3. The molecular formula is C21H23F6N7O3. The first-order valence-electron chi connectivity index (χ1n) is 11.3. The van der Waals surface area contributed by atoms with E-state index < -0.39 is 29.0 Å². The highest BCUT2D eigenvalue weighted by Crippen LogP contribution is 2.30. The fraction of sp³-hybridized carbons (Fsp3) is 0.571. The molecule has 2 aliphatic heterocycles. The summed E-state index contributed by atoms with van der Waals surface area (Å²) < 4.78 is 82.5. The molecule has 0 unspecified atom stereocenters. The number of aromatic amines is 1. The van der Waals surface area contributed by atoms with Crippen molar-refractivity contribution in [1.29, 1.82) is 0 Å². The maximum absolute atomic E-state index is 13.0. The molecule has 2 aliphatic rings. The number of anilines is 2. The molecule has 2 aromatic rings. The first-order chi connectivity index (χ1) is 17.4. The first-order valence-corrected chi connectivity index (χ1v) is 11.3. The molecule has 1 atom stereocenters. The van der Waals surface area contributed by atoms with E-state index in [-0.39, 0.29) is 36.8 Å². The van der Waals surface area contributed by atoms with Crippen LogP contribution in [-0.2, 0) is 21.9 Å². The molecular weight excluding hydrogens is 512 g/mol.